The fourth-order valence-corrected chi connectivity index (χ4v) is 5.33. The average molecular weight is 475 g/mol. The third kappa shape index (κ3) is 7.04. The van der Waals surface area contributed by atoms with Crippen LogP contribution in [0.15, 0.2) is 42.2 Å². The minimum Gasteiger partial charge on any atom is -0.481 e. The van der Waals surface area contributed by atoms with E-state index < -0.39 is 18.0 Å². The van der Waals surface area contributed by atoms with Crippen LogP contribution in [-0.2, 0) is 30.2 Å². The molecule has 4 rings (SSSR count). The molecule has 2 heterocycles. The Hall–Kier alpha value is -1.93. The molecule has 3 fully saturated rings. The molecule has 6 atom stereocenters. The molecular formula is C27H38O7. The van der Waals surface area contributed by atoms with Gasteiger partial charge in [0, 0.05) is 31.3 Å². The zero-order valence-electron chi connectivity index (χ0n) is 19.8. The van der Waals surface area contributed by atoms with Crippen molar-refractivity contribution in [1.82, 2.24) is 0 Å². The number of hydrogen-bond acceptors (Lipinski definition) is 6. The predicted octanol–water partition coefficient (Wildman–Crippen LogP) is 4.43. The summed E-state index contributed by atoms with van der Waals surface area (Å²) in [5, 5.41) is 20.5. The van der Waals surface area contributed by atoms with Crippen LogP contribution in [0.25, 0.3) is 0 Å². The first-order chi connectivity index (χ1) is 16.6. The Balaban J connectivity index is 1.56. The van der Waals surface area contributed by atoms with E-state index in [1.54, 1.807) is 0 Å². The Bertz CT molecular complexity index is 783. The summed E-state index contributed by atoms with van der Waals surface area (Å²) in [5.41, 5.74) is 1.23. The minimum absolute atomic E-state index is 0.137. The number of carboxylic acid groups (broad SMARTS) is 1. The molecule has 1 aromatic carbocycles. The van der Waals surface area contributed by atoms with Gasteiger partial charge in [0.05, 0.1) is 25.2 Å². The van der Waals surface area contributed by atoms with Crippen molar-refractivity contribution in [2.45, 2.75) is 89.0 Å². The van der Waals surface area contributed by atoms with Crippen LogP contribution in [0.4, 0.5) is 0 Å². The summed E-state index contributed by atoms with van der Waals surface area (Å²) in [4.78, 5) is 11.7. The molecule has 7 nitrogen and oxygen atoms in total. The van der Waals surface area contributed by atoms with Gasteiger partial charge in [0.25, 0.3) is 0 Å². The second kappa shape index (κ2) is 12.7. The fourth-order valence-electron chi connectivity index (χ4n) is 5.33. The summed E-state index contributed by atoms with van der Waals surface area (Å²) in [6, 6.07) is 10.2. The maximum atomic E-state index is 11.7. The number of allylic oxidation sites excluding steroid dienone is 1. The van der Waals surface area contributed by atoms with Crippen LogP contribution in [0.3, 0.4) is 0 Å². The standard InChI is InChI=1S/C27H38O7/c28-21-18-23(34-26-14-5-7-16-32-26)27(20(21)17-24(29)30)22(33-25-13-4-6-15-31-25)12-8-11-19-9-2-1-3-10-19/h1-3,9-10,12,20-21,23,25-28H,4-8,11,13-18H2,(H,29,30)/t20-,21-,23-,25?,26?,27-/m1/s1. The van der Waals surface area contributed by atoms with E-state index >= 15 is 0 Å². The number of carbonyl (C=O) groups is 1. The Morgan fingerprint density at radius 2 is 1.74 bits per heavy atom. The van der Waals surface area contributed by atoms with Gasteiger partial charge >= 0.3 is 5.97 Å². The third-order valence-electron chi connectivity index (χ3n) is 7.06. The fraction of sp³-hybridized carbons (Fsp3) is 0.667. The van der Waals surface area contributed by atoms with Crippen molar-refractivity contribution in [3.05, 3.63) is 47.7 Å². The smallest absolute Gasteiger partial charge is 0.303 e. The molecule has 2 N–H and O–H groups in total. The van der Waals surface area contributed by atoms with Gasteiger partial charge in [0.1, 0.15) is 5.76 Å². The van der Waals surface area contributed by atoms with Crippen molar-refractivity contribution in [2.75, 3.05) is 13.2 Å². The molecule has 0 bridgehead atoms. The minimum atomic E-state index is -0.929. The topological polar surface area (TPSA) is 94.5 Å². The molecule has 0 spiro atoms. The van der Waals surface area contributed by atoms with Crippen molar-refractivity contribution >= 4 is 5.97 Å². The van der Waals surface area contributed by atoms with Gasteiger partial charge in [0.15, 0.2) is 12.6 Å². The van der Waals surface area contributed by atoms with Gasteiger partial charge in [-0.1, -0.05) is 30.3 Å². The van der Waals surface area contributed by atoms with E-state index in [0.717, 1.165) is 51.4 Å². The Labute approximate surface area is 202 Å². The monoisotopic (exact) mass is 474 g/mol. The highest BCUT2D eigenvalue weighted by Gasteiger charge is 2.48. The number of carboxylic acids is 1. The summed E-state index contributed by atoms with van der Waals surface area (Å²) < 4.78 is 24.4. The van der Waals surface area contributed by atoms with E-state index in [-0.39, 0.29) is 31.0 Å². The largest absolute Gasteiger partial charge is 0.481 e. The molecular weight excluding hydrogens is 436 g/mol. The first kappa shape index (κ1) is 25.2. The molecule has 7 heteroatoms. The number of aryl methyl sites for hydroxylation is 1. The van der Waals surface area contributed by atoms with E-state index in [9.17, 15) is 15.0 Å². The maximum absolute atomic E-state index is 11.7. The summed E-state index contributed by atoms with van der Waals surface area (Å²) in [7, 11) is 0. The van der Waals surface area contributed by atoms with E-state index in [0.29, 0.717) is 25.4 Å². The lowest BCUT2D eigenvalue weighted by Crippen LogP contribution is -2.35. The number of hydrogen-bond donors (Lipinski definition) is 2. The van der Waals surface area contributed by atoms with Crippen LogP contribution < -0.4 is 0 Å². The lowest BCUT2D eigenvalue weighted by Gasteiger charge is -2.33. The highest BCUT2D eigenvalue weighted by Crippen LogP contribution is 2.43. The van der Waals surface area contributed by atoms with Crippen molar-refractivity contribution in [1.29, 1.82) is 0 Å². The normalized spacial score (nSPS) is 32.4. The van der Waals surface area contributed by atoms with E-state index in [1.165, 1.54) is 5.56 Å². The van der Waals surface area contributed by atoms with Gasteiger partial charge in [0.2, 0.25) is 0 Å². The quantitative estimate of drug-likeness (QED) is 0.485. The summed E-state index contributed by atoms with van der Waals surface area (Å²) in [6.07, 6.45) is 7.76. The van der Waals surface area contributed by atoms with Gasteiger partial charge < -0.3 is 29.2 Å². The van der Waals surface area contributed by atoms with Gasteiger partial charge in [-0.3, -0.25) is 4.79 Å². The van der Waals surface area contributed by atoms with Crippen LogP contribution in [0.2, 0.25) is 0 Å². The van der Waals surface area contributed by atoms with Crippen LogP contribution in [-0.4, -0.2) is 54.2 Å². The van der Waals surface area contributed by atoms with Gasteiger partial charge in [-0.05, 0) is 56.6 Å². The number of benzene rings is 1. The summed E-state index contributed by atoms with van der Waals surface area (Å²) >= 11 is 0. The molecule has 2 saturated heterocycles. The number of aliphatic carboxylic acids is 1. The summed E-state index contributed by atoms with van der Waals surface area (Å²) in [6.45, 7) is 1.32. The van der Waals surface area contributed by atoms with Gasteiger partial charge in [-0.15, -0.1) is 0 Å². The molecule has 0 amide bonds. The molecule has 1 aromatic rings. The number of aliphatic hydroxyl groups is 1. The second-order valence-electron chi connectivity index (χ2n) is 9.61. The average Bonchev–Trinajstić information content (AvgIpc) is 3.14. The molecule has 0 aromatic heterocycles. The third-order valence-corrected chi connectivity index (χ3v) is 7.06. The Morgan fingerprint density at radius 1 is 1.03 bits per heavy atom. The highest BCUT2D eigenvalue weighted by molar-refractivity contribution is 5.67. The lowest BCUT2D eigenvalue weighted by molar-refractivity contribution is -0.201. The molecule has 3 aliphatic rings. The number of rotatable bonds is 10. The molecule has 188 valence electrons. The summed E-state index contributed by atoms with van der Waals surface area (Å²) in [5.74, 6) is -1.09. The number of ether oxygens (including phenoxy) is 4. The van der Waals surface area contributed by atoms with Crippen molar-refractivity contribution in [2.24, 2.45) is 11.8 Å². The van der Waals surface area contributed by atoms with E-state index in [4.69, 9.17) is 18.9 Å². The molecule has 1 saturated carbocycles. The van der Waals surface area contributed by atoms with Crippen molar-refractivity contribution in [3.63, 3.8) is 0 Å². The maximum Gasteiger partial charge on any atom is 0.303 e. The molecule has 0 radical (unpaired) electrons. The van der Waals surface area contributed by atoms with Crippen LogP contribution >= 0.6 is 0 Å². The zero-order chi connectivity index (χ0) is 23.8. The highest BCUT2D eigenvalue weighted by atomic mass is 16.7. The Kier molecular flexibility index (Phi) is 9.39. The zero-order valence-corrected chi connectivity index (χ0v) is 19.8. The lowest BCUT2D eigenvalue weighted by atomic mass is 9.88. The SMILES string of the molecule is O=C(O)C[C@H]1[C@H](C(=CCCc2ccccc2)OC2CCCCO2)[C@H](OC2CCCCO2)C[C@H]1O. The van der Waals surface area contributed by atoms with Gasteiger partial charge in [-0.2, -0.15) is 0 Å². The molecule has 2 unspecified atom stereocenters. The van der Waals surface area contributed by atoms with Crippen LogP contribution in [0.1, 0.15) is 63.4 Å². The molecule has 1 aliphatic carbocycles. The molecule has 34 heavy (non-hydrogen) atoms. The molecule has 2 aliphatic heterocycles. The van der Waals surface area contributed by atoms with E-state index in [2.05, 4.69) is 18.2 Å². The van der Waals surface area contributed by atoms with Crippen molar-refractivity contribution < 1.29 is 34.0 Å². The van der Waals surface area contributed by atoms with E-state index in [1.807, 2.05) is 18.2 Å². The first-order valence-electron chi connectivity index (χ1n) is 12.8. The Morgan fingerprint density at radius 3 is 2.38 bits per heavy atom. The van der Waals surface area contributed by atoms with Crippen LogP contribution in [0.5, 0.6) is 0 Å². The predicted molar refractivity (Wildman–Crippen MR) is 126 cm³/mol. The number of aliphatic hydroxyl groups excluding tert-OH is 1. The van der Waals surface area contributed by atoms with Crippen molar-refractivity contribution in [3.8, 4) is 0 Å². The van der Waals surface area contributed by atoms with Crippen LogP contribution in [0, 0.1) is 11.8 Å². The second-order valence-corrected chi connectivity index (χ2v) is 9.61. The van der Waals surface area contributed by atoms with Gasteiger partial charge in [-0.25, -0.2) is 0 Å². The first-order valence-corrected chi connectivity index (χ1v) is 12.8.